The van der Waals surface area contributed by atoms with E-state index in [-0.39, 0.29) is 5.56 Å². The number of rotatable bonds is 5. The van der Waals surface area contributed by atoms with Gasteiger partial charge in [-0.25, -0.2) is 4.39 Å². The highest BCUT2D eigenvalue weighted by atomic mass is 19.1. The van der Waals surface area contributed by atoms with E-state index in [1.807, 2.05) is 0 Å². The second kappa shape index (κ2) is 5.94. The van der Waals surface area contributed by atoms with Gasteiger partial charge in [-0.2, -0.15) is 0 Å². The van der Waals surface area contributed by atoms with Crippen LogP contribution in [-0.4, -0.2) is 24.6 Å². The van der Waals surface area contributed by atoms with Gasteiger partial charge in [-0.15, -0.1) is 0 Å². The lowest BCUT2D eigenvalue weighted by molar-refractivity contribution is -0.154. The van der Waals surface area contributed by atoms with E-state index in [0.717, 1.165) is 19.2 Å². The Hall–Kier alpha value is -2.04. The van der Waals surface area contributed by atoms with Gasteiger partial charge in [-0.3, -0.25) is 14.4 Å². The second-order valence-corrected chi connectivity index (χ2v) is 4.97. The number of ether oxygens (including phenoxy) is 1. The van der Waals surface area contributed by atoms with Crippen LogP contribution in [0, 0.1) is 17.2 Å². The number of hydrogen-bond donors (Lipinski definition) is 0. The molecular formula is C15H17FO4. The molecule has 4 nitrogen and oxygen atoms in total. The molecule has 1 atom stereocenters. The molecule has 1 rings (SSSR count). The number of carbonyl (C=O) groups excluding carboxylic acids is 3. The van der Waals surface area contributed by atoms with Crippen molar-refractivity contribution in [3.63, 3.8) is 0 Å². The third-order valence-corrected chi connectivity index (χ3v) is 3.17. The topological polar surface area (TPSA) is 60.4 Å². The first-order valence-electron chi connectivity index (χ1n) is 6.18. The van der Waals surface area contributed by atoms with Crippen molar-refractivity contribution in [2.24, 2.45) is 11.3 Å². The molecule has 1 aromatic carbocycles. The van der Waals surface area contributed by atoms with Crippen LogP contribution >= 0.6 is 0 Å². The van der Waals surface area contributed by atoms with Crippen LogP contribution in [0.4, 0.5) is 4.39 Å². The van der Waals surface area contributed by atoms with Gasteiger partial charge in [0.1, 0.15) is 5.82 Å². The van der Waals surface area contributed by atoms with Crippen molar-refractivity contribution in [3.8, 4) is 0 Å². The number of halogens is 1. The predicted molar refractivity (Wildman–Crippen MR) is 70.7 cm³/mol. The Labute approximate surface area is 116 Å². The minimum absolute atomic E-state index is 0.0910. The average Bonchev–Trinajstić information content (AvgIpc) is 2.44. The van der Waals surface area contributed by atoms with Crippen molar-refractivity contribution >= 4 is 17.5 Å². The smallest absolute Gasteiger partial charge is 0.327 e. The normalized spacial score (nSPS) is 13.7. The third kappa shape index (κ3) is 2.76. The molecule has 1 aromatic rings. The third-order valence-electron chi connectivity index (χ3n) is 3.17. The highest BCUT2D eigenvalue weighted by Gasteiger charge is 2.50. The van der Waals surface area contributed by atoms with Crippen LogP contribution in [0.3, 0.4) is 0 Å². The maximum absolute atomic E-state index is 12.9. The Bertz CT molecular complexity index is 533. The van der Waals surface area contributed by atoms with Gasteiger partial charge < -0.3 is 4.74 Å². The van der Waals surface area contributed by atoms with Crippen LogP contribution in [0.15, 0.2) is 24.3 Å². The molecule has 108 valence electrons. The van der Waals surface area contributed by atoms with Gasteiger partial charge in [-0.1, -0.05) is 13.8 Å². The molecule has 0 bridgehead atoms. The summed E-state index contributed by atoms with van der Waals surface area (Å²) >= 11 is 0. The van der Waals surface area contributed by atoms with Gasteiger partial charge in [0.2, 0.25) is 0 Å². The van der Waals surface area contributed by atoms with Crippen LogP contribution in [0.1, 0.15) is 31.1 Å². The van der Waals surface area contributed by atoms with Crippen LogP contribution in [0.25, 0.3) is 0 Å². The molecule has 0 aliphatic heterocycles. The predicted octanol–water partition coefficient (Wildman–Crippen LogP) is 2.41. The Morgan fingerprint density at radius 2 is 1.65 bits per heavy atom. The first kappa shape index (κ1) is 16.0. The summed E-state index contributed by atoms with van der Waals surface area (Å²) in [7, 11) is 1.12. The van der Waals surface area contributed by atoms with Crippen molar-refractivity contribution in [3.05, 3.63) is 35.6 Å². The Balaban J connectivity index is 3.31. The SMILES string of the molecule is COC(=O)C(C)(C(=O)c1ccc(F)cc1)C(=O)C(C)C. The molecule has 0 amide bonds. The first-order chi connectivity index (χ1) is 9.25. The van der Waals surface area contributed by atoms with Crippen molar-refractivity contribution in [1.29, 1.82) is 0 Å². The highest BCUT2D eigenvalue weighted by molar-refractivity contribution is 6.27. The quantitative estimate of drug-likeness (QED) is 0.472. The summed E-state index contributed by atoms with van der Waals surface area (Å²) in [6.07, 6.45) is 0. The van der Waals surface area contributed by atoms with Crippen LogP contribution in [-0.2, 0) is 14.3 Å². The van der Waals surface area contributed by atoms with Gasteiger partial charge in [0.05, 0.1) is 7.11 Å². The molecule has 5 heteroatoms. The molecule has 0 spiro atoms. The fourth-order valence-electron chi connectivity index (χ4n) is 1.98. The monoisotopic (exact) mass is 280 g/mol. The summed E-state index contributed by atoms with van der Waals surface area (Å²) in [4.78, 5) is 36.7. The standard InChI is InChI=1S/C15H17FO4/c1-9(2)12(17)15(3,14(19)20-4)13(18)10-5-7-11(16)8-6-10/h5-9H,1-4H3. The Morgan fingerprint density at radius 3 is 2.05 bits per heavy atom. The molecule has 0 aliphatic carbocycles. The lowest BCUT2D eigenvalue weighted by atomic mass is 9.75. The van der Waals surface area contributed by atoms with Gasteiger partial charge in [-0.05, 0) is 31.2 Å². The molecule has 0 saturated carbocycles. The maximum atomic E-state index is 12.9. The number of esters is 1. The first-order valence-corrected chi connectivity index (χ1v) is 6.18. The molecular weight excluding hydrogens is 263 g/mol. The Morgan fingerprint density at radius 1 is 1.15 bits per heavy atom. The Kier molecular flexibility index (Phi) is 4.76. The molecule has 0 heterocycles. The largest absolute Gasteiger partial charge is 0.468 e. The van der Waals surface area contributed by atoms with Crippen molar-refractivity contribution in [2.45, 2.75) is 20.8 Å². The molecule has 0 fully saturated rings. The minimum atomic E-state index is -1.92. The van der Waals surface area contributed by atoms with E-state index in [9.17, 15) is 18.8 Å². The zero-order valence-electron chi connectivity index (χ0n) is 11.9. The minimum Gasteiger partial charge on any atom is -0.468 e. The van der Waals surface area contributed by atoms with E-state index in [0.29, 0.717) is 0 Å². The maximum Gasteiger partial charge on any atom is 0.327 e. The van der Waals surface area contributed by atoms with E-state index in [1.54, 1.807) is 13.8 Å². The summed E-state index contributed by atoms with van der Waals surface area (Å²) in [6.45, 7) is 4.44. The van der Waals surface area contributed by atoms with Crippen molar-refractivity contribution < 1.29 is 23.5 Å². The summed E-state index contributed by atoms with van der Waals surface area (Å²) < 4.78 is 17.5. The number of ketones is 2. The average molecular weight is 280 g/mol. The van der Waals surface area contributed by atoms with Crippen molar-refractivity contribution in [2.75, 3.05) is 7.11 Å². The number of methoxy groups -OCH3 is 1. The summed E-state index contributed by atoms with van der Waals surface area (Å²) in [5, 5.41) is 0. The zero-order valence-corrected chi connectivity index (χ0v) is 11.9. The molecule has 0 saturated heterocycles. The number of Topliss-reactive ketones (excluding diaryl/α,β-unsaturated/α-hetero) is 2. The highest BCUT2D eigenvalue weighted by Crippen LogP contribution is 2.29. The van der Waals surface area contributed by atoms with Gasteiger partial charge >= 0.3 is 5.97 Å². The number of benzene rings is 1. The lowest BCUT2D eigenvalue weighted by Gasteiger charge is -2.25. The molecule has 1 unspecified atom stereocenters. The molecule has 0 aliphatic rings. The van der Waals surface area contributed by atoms with E-state index in [4.69, 9.17) is 0 Å². The fraction of sp³-hybridized carbons (Fsp3) is 0.400. The molecule has 0 radical (unpaired) electrons. The van der Waals surface area contributed by atoms with E-state index in [2.05, 4.69) is 4.74 Å². The van der Waals surface area contributed by atoms with Crippen LogP contribution in [0.5, 0.6) is 0 Å². The fourth-order valence-corrected chi connectivity index (χ4v) is 1.98. The summed E-state index contributed by atoms with van der Waals surface area (Å²) in [5.41, 5.74) is -1.82. The zero-order chi connectivity index (χ0) is 15.5. The summed E-state index contributed by atoms with van der Waals surface area (Å²) in [5.74, 6) is -3.15. The van der Waals surface area contributed by atoms with Gasteiger partial charge in [0.15, 0.2) is 17.0 Å². The molecule has 0 N–H and O–H groups in total. The number of carbonyl (C=O) groups is 3. The summed E-state index contributed by atoms with van der Waals surface area (Å²) in [6, 6.07) is 4.69. The van der Waals surface area contributed by atoms with E-state index in [1.165, 1.54) is 19.1 Å². The van der Waals surface area contributed by atoms with Gasteiger partial charge in [0, 0.05) is 11.5 Å². The van der Waals surface area contributed by atoms with Crippen LogP contribution < -0.4 is 0 Å². The van der Waals surface area contributed by atoms with E-state index < -0.39 is 34.7 Å². The van der Waals surface area contributed by atoms with Crippen LogP contribution in [0.2, 0.25) is 0 Å². The van der Waals surface area contributed by atoms with E-state index >= 15 is 0 Å². The lowest BCUT2D eigenvalue weighted by Crippen LogP contribution is -2.46. The second-order valence-electron chi connectivity index (χ2n) is 4.97. The van der Waals surface area contributed by atoms with Crippen molar-refractivity contribution in [1.82, 2.24) is 0 Å². The molecule has 20 heavy (non-hydrogen) atoms. The number of hydrogen-bond acceptors (Lipinski definition) is 4. The van der Waals surface area contributed by atoms with Gasteiger partial charge in [0.25, 0.3) is 0 Å². The molecule has 0 aromatic heterocycles.